The number of nitrogens with zero attached hydrogens (tertiary/aromatic N) is 1. The number of benzene rings is 1. The molecule has 0 saturated carbocycles. The molecule has 0 aliphatic rings. The van der Waals surface area contributed by atoms with Gasteiger partial charge in [-0.25, -0.2) is 4.98 Å². The predicted octanol–water partition coefficient (Wildman–Crippen LogP) is 3.43. The van der Waals surface area contributed by atoms with Crippen LogP contribution in [-0.4, -0.2) is 23.0 Å². The molecule has 0 bridgehead atoms. The summed E-state index contributed by atoms with van der Waals surface area (Å²) in [5.41, 5.74) is 7.92. The second-order valence-corrected chi connectivity index (χ2v) is 6.57. The highest BCUT2D eigenvalue weighted by Gasteiger charge is 2.14. The number of aromatic nitrogens is 1. The van der Waals surface area contributed by atoms with Gasteiger partial charge in [0, 0.05) is 28.6 Å². The van der Waals surface area contributed by atoms with Crippen molar-refractivity contribution in [2.45, 2.75) is 26.3 Å². The van der Waals surface area contributed by atoms with Crippen molar-refractivity contribution in [3.63, 3.8) is 0 Å². The van der Waals surface area contributed by atoms with Gasteiger partial charge in [0.15, 0.2) is 0 Å². The molecule has 7 heteroatoms. The molecule has 0 saturated heterocycles. The van der Waals surface area contributed by atoms with Gasteiger partial charge in [-0.1, -0.05) is 12.1 Å². The average molecular weight is 362 g/mol. The summed E-state index contributed by atoms with van der Waals surface area (Å²) in [6, 6.07) is 7.47. The quantitative estimate of drug-likeness (QED) is 0.876. The van der Waals surface area contributed by atoms with Gasteiger partial charge in [0.1, 0.15) is 0 Å². The van der Waals surface area contributed by atoms with Crippen LogP contribution in [0.5, 0.6) is 0 Å². The minimum Gasteiger partial charge on any atom is -0.350 e. The summed E-state index contributed by atoms with van der Waals surface area (Å²) < 4.78 is 0. The molecule has 1 aromatic carbocycles. The van der Waals surface area contributed by atoms with Crippen molar-refractivity contribution in [1.29, 1.82) is 0 Å². The lowest BCUT2D eigenvalue weighted by atomic mass is 10.1. The van der Waals surface area contributed by atoms with Gasteiger partial charge in [0.05, 0.1) is 10.7 Å². The summed E-state index contributed by atoms with van der Waals surface area (Å²) in [5, 5.41) is 5.85. The Morgan fingerprint density at radius 2 is 2.05 bits per heavy atom. The number of carbonyl (C=O) groups excluding carboxylic acids is 1. The Kier molecular flexibility index (Phi) is 8.04. The number of thiazole rings is 1. The van der Waals surface area contributed by atoms with Crippen molar-refractivity contribution in [3.8, 4) is 11.3 Å². The summed E-state index contributed by atoms with van der Waals surface area (Å²) in [6.45, 7) is 6.16. The predicted molar refractivity (Wildman–Crippen MR) is 97.4 cm³/mol. The first-order chi connectivity index (χ1) is 9.35. The van der Waals surface area contributed by atoms with Gasteiger partial charge in [-0.2, -0.15) is 0 Å². The fourth-order valence-electron chi connectivity index (χ4n) is 1.73. The molecule has 2 rings (SSSR count). The number of nitrogens with one attached hydrogen (secondary N) is 1. The molecule has 3 N–H and O–H groups in total. The smallest absolute Gasteiger partial charge is 0.251 e. The van der Waals surface area contributed by atoms with Gasteiger partial charge in [-0.3, -0.25) is 4.79 Å². The Labute approximate surface area is 147 Å². The van der Waals surface area contributed by atoms with E-state index in [9.17, 15) is 4.79 Å². The second-order valence-electron chi connectivity index (χ2n) is 5.50. The molecule has 0 unspecified atom stereocenters. The van der Waals surface area contributed by atoms with E-state index < -0.39 is 5.54 Å². The van der Waals surface area contributed by atoms with Crippen LogP contribution in [0.15, 0.2) is 29.6 Å². The maximum Gasteiger partial charge on any atom is 0.251 e. The van der Waals surface area contributed by atoms with Crippen molar-refractivity contribution in [2.75, 3.05) is 6.54 Å². The van der Waals surface area contributed by atoms with Gasteiger partial charge in [-0.15, -0.1) is 36.2 Å². The van der Waals surface area contributed by atoms with Gasteiger partial charge >= 0.3 is 0 Å². The Hall–Kier alpha value is -1.14. The number of amides is 1. The van der Waals surface area contributed by atoms with Crippen LogP contribution in [0.1, 0.15) is 29.2 Å². The Morgan fingerprint density at radius 3 is 2.59 bits per heavy atom. The fourth-order valence-corrected chi connectivity index (χ4v) is 2.35. The zero-order valence-electron chi connectivity index (χ0n) is 12.8. The zero-order chi connectivity index (χ0) is 14.8. The minimum atomic E-state index is -0.417. The number of aryl methyl sites for hydroxylation is 1. The van der Waals surface area contributed by atoms with Crippen LogP contribution in [0.4, 0.5) is 0 Å². The van der Waals surface area contributed by atoms with Crippen LogP contribution >= 0.6 is 36.2 Å². The Morgan fingerprint density at radius 1 is 1.36 bits per heavy atom. The molecule has 1 amide bonds. The maximum absolute atomic E-state index is 12.1. The zero-order valence-corrected chi connectivity index (χ0v) is 15.2. The van der Waals surface area contributed by atoms with Crippen molar-refractivity contribution < 1.29 is 4.79 Å². The summed E-state index contributed by atoms with van der Waals surface area (Å²) in [6.07, 6.45) is 0. The Balaban J connectivity index is 0.00000220. The topological polar surface area (TPSA) is 68.0 Å². The molecular formula is C15H21Cl2N3OS. The van der Waals surface area contributed by atoms with E-state index in [2.05, 4.69) is 10.3 Å². The molecule has 1 heterocycles. The number of rotatable bonds is 4. The third kappa shape index (κ3) is 5.93. The van der Waals surface area contributed by atoms with Crippen LogP contribution in [0.3, 0.4) is 0 Å². The van der Waals surface area contributed by atoms with Gasteiger partial charge < -0.3 is 11.1 Å². The number of halogens is 2. The van der Waals surface area contributed by atoms with E-state index >= 15 is 0 Å². The highest BCUT2D eigenvalue weighted by Crippen LogP contribution is 2.22. The first kappa shape index (κ1) is 20.9. The summed E-state index contributed by atoms with van der Waals surface area (Å²) in [7, 11) is 0. The highest BCUT2D eigenvalue weighted by atomic mass is 35.5. The second kappa shape index (κ2) is 8.48. The molecule has 1 aromatic heterocycles. The molecule has 0 aliphatic heterocycles. The first-order valence-electron chi connectivity index (χ1n) is 6.45. The van der Waals surface area contributed by atoms with E-state index in [0.717, 1.165) is 16.3 Å². The molecule has 122 valence electrons. The lowest BCUT2D eigenvalue weighted by molar-refractivity contribution is 0.0946. The number of hydrogen-bond donors (Lipinski definition) is 2. The third-order valence-electron chi connectivity index (χ3n) is 2.74. The van der Waals surface area contributed by atoms with Gasteiger partial charge in [0.2, 0.25) is 0 Å². The Bertz CT molecular complexity index is 623. The molecule has 22 heavy (non-hydrogen) atoms. The standard InChI is InChI=1S/C15H19N3OS.2ClH/c1-10-18-13(8-20-10)11-5-4-6-12(7-11)14(19)17-9-15(2,3)16;;/h4-8H,9,16H2,1-3H3,(H,17,19);2*1H. The first-order valence-corrected chi connectivity index (χ1v) is 7.33. The normalized spacial score (nSPS) is 10.4. The molecule has 0 atom stereocenters. The lowest BCUT2D eigenvalue weighted by Crippen LogP contribution is -2.45. The van der Waals surface area contributed by atoms with Crippen LogP contribution < -0.4 is 11.1 Å². The van der Waals surface area contributed by atoms with Crippen LogP contribution in [0.25, 0.3) is 11.3 Å². The summed E-state index contributed by atoms with van der Waals surface area (Å²) in [5.74, 6) is -0.114. The van der Waals surface area contributed by atoms with Crippen LogP contribution in [0.2, 0.25) is 0 Å². The third-order valence-corrected chi connectivity index (χ3v) is 3.52. The molecule has 0 radical (unpaired) electrons. The minimum absolute atomic E-state index is 0. The van der Waals surface area contributed by atoms with E-state index in [0.29, 0.717) is 12.1 Å². The molecule has 0 aliphatic carbocycles. The number of nitrogens with two attached hydrogens (primary N) is 1. The van der Waals surface area contributed by atoms with Crippen LogP contribution in [0, 0.1) is 6.92 Å². The molecule has 0 fully saturated rings. The summed E-state index contributed by atoms with van der Waals surface area (Å²) in [4.78, 5) is 16.5. The van der Waals surface area contributed by atoms with Gasteiger partial charge in [-0.05, 0) is 32.9 Å². The fraction of sp³-hybridized carbons (Fsp3) is 0.333. The van der Waals surface area contributed by atoms with E-state index in [-0.39, 0.29) is 30.7 Å². The summed E-state index contributed by atoms with van der Waals surface area (Å²) >= 11 is 1.60. The number of carbonyl (C=O) groups is 1. The number of hydrogen-bond acceptors (Lipinski definition) is 4. The monoisotopic (exact) mass is 361 g/mol. The van der Waals surface area contributed by atoms with Crippen molar-refractivity contribution in [1.82, 2.24) is 10.3 Å². The molecule has 2 aromatic rings. The largest absolute Gasteiger partial charge is 0.350 e. The van der Waals surface area contributed by atoms with Crippen molar-refractivity contribution in [3.05, 3.63) is 40.2 Å². The highest BCUT2D eigenvalue weighted by molar-refractivity contribution is 7.09. The molecule has 4 nitrogen and oxygen atoms in total. The van der Waals surface area contributed by atoms with Crippen molar-refractivity contribution >= 4 is 42.1 Å². The lowest BCUT2D eigenvalue weighted by Gasteiger charge is -2.18. The van der Waals surface area contributed by atoms with E-state index in [4.69, 9.17) is 5.73 Å². The van der Waals surface area contributed by atoms with Crippen LogP contribution in [-0.2, 0) is 0 Å². The molecular weight excluding hydrogens is 341 g/mol. The molecule has 0 spiro atoms. The van der Waals surface area contributed by atoms with Crippen molar-refractivity contribution in [2.24, 2.45) is 5.73 Å². The van der Waals surface area contributed by atoms with Gasteiger partial charge in [0.25, 0.3) is 5.91 Å². The average Bonchev–Trinajstić information content (AvgIpc) is 2.82. The van der Waals surface area contributed by atoms with E-state index in [1.807, 2.05) is 44.4 Å². The van der Waals surface area contributed by atoms with E-state index in [1.165, 1.54) is 0 Å². The SMILES string of the molecule is Cc1nc(-c2cccc(C(=O)NCC(C)(C)N)c2)cs1.Cl.Cl. The maximum atomic E-state index is 12.1. The van der Waals surface area contributed by atoms with E-state index in [1.54, 1.807) is 17.4 Å².